The van der Waals surface area contributed by atoms with Crippen LogP contribution in [0.3, 0.4) is 0 Å². The number of aliphatic imine (C=N–C) groups is 1. The molecule has 1 saturated carbocycles. The van der Waals surface area contributed by atoms with Crippen LogP contribution in [0.15, 0.2) is 59.6 Å². The molecule has 1 heterocycles. The Balaban J connectivity index is 0.00000210. The summed E-state index contributed by atoms with van der Waals surface area (Å²) in [4.78, 5) is 16.3. The predicted octanol–water partition coefficient (Wildman–Crippen LogP) is 3.45. The van der Waals surface area contributed by atoms with E-state index in [1.807, 2.05) is 24.3 Å². The van der Waals surface area contributed by atoms with Crippen molar-refractivity contribution < 1.29 is 4.79 Å². The molecule has 0 aromatic heterocycles. The summed E-state index contributed by atoms with van der Waals surface area (Å²) in [6.45, 7) is 0.687. The van der Waals surface area contributed by atoms with Gasteiger partial charge in [-0.25, -0.2) is 0 Å². The summed E-state index contributed by atoms with van der Waals surface area (Å²) in [6, 6.07) is 19.0. The fourth-order valence-corrected chi connectivity index (χ4v) is 3.70. The van der Waals surface area contributed by atoms with Gasteiger partial charge in [0.15, 0.2) is 5.96 Å². The van der Waals surface area contributed by atoms with Gasteiger partial charge in [0, 0.05) is 43.6 Å². The number of nitrogens with one attached hydrogen (secondary N) is 3. The summed E-state index contributed by atoms with van der Waals surface area (Å²) in [5.41, 5.74) is 3.48. The summed E-state index contributed by atoms with van der Waals surface area (Å²) in [5, 5.41) is 9.85. The number of hydrogen-bond acceptors (Lipinski definition) is 2. The number of carbonyl (C=O) groups excluding carboxylic acids is 1. The average Bonchev–Trinajstić information content (AvgIpc) is 3.44. The zero-order valence-electron chi connectivity index (χ0n) is 15.3. The maximum atomic E-state index is 12.0. The molecule has 0 spiro atoms. The maximum absolute atomic E-state index is 12.0. The summed E-state index contributed by atoms with van der Waals surface area (Å²) in [7, 11) is 1.79. The monoisotopic (exact) mass is 476 g/mol. The van der Waals surface area contributed by atoms with Crippen molar-refractivity contribution in [1.29, 1.82) is 0 Å². The van der Waals surface area contributed by atoms with E-state index in [1.54, 1.807) is 7.05 Å². The van der Waals surface area contributed by atoms with Crippen molar-refractivity contribution in [3.05, 3.63) is 65.7 Å². The maximum Gasteiger partial charge on any atom is 0.225 e. The van der Waals surface area contributed by atoms with E-state index in [0.29, 0.717) is 24.9 Å². The topological polar surface area (TPSA) is 65.5 Å². The van der Waals surface area contributed by atoms with Crippen LogP contribution < -0.4 is 16.0 Å². The molecule has 2 aromatic rings. The number of para-hydroxylation sites is 1. The normalized spacial score (nSPS) is 23.5. The van der Waals surface area contributed by atoms with Gasteiger partial charge in [-0.3, -0.25) is 9.79 Å². The van der Waals surface area contributed by atoms with E-state index in [2.05, 4.69) is 51.3 Å². The highest BCUT2D eigenvalue weighted by atomic mass is 127. The Morgan fingerprint density at radius 2 is 1.89 bits per heavy atom. The number of nitrogens with zero attached hydrogens (tertiary/aromatic N) is 1. The van der Waals surface area contributed by atoms with Crippen molar-refractivity contribution in [3.63, 3.8) is 0 Å². The molecule has 1 aliphatic heterocycles. The Hall–Kier alpha value is -2.09. The van der Waals surface area contributed by atoms with Crippen LogP contribution in [0.1, 0.15) is 35.8 Å². The van der Waals surface area contributed by atoms with Crippen molar-refractivity contribution in [2.75, 3.05) is 18.9 Å². The van der Waals surface area contributed by atoms with Crippen molar-refractivity contribution in [3.8, 4) is 0 Å². The zero-order chi connectivity index (χ0) is 17.9. The lowest BCUT2D eigenvalue weighted by atomic mass is 9.90. The lowest BCUT2D eigenvalue weighted by Gasteiger charge is -2.26. The first kappa shape index (κ1) is 19.7. The van der Waals surface area contributed by atoms with Gasteiger partial charge in [-0.1, -0.05) is 48.5 Å². The van der Waals surface area contributed by atoms with Crippen molar-refractivity contribution in [1.82, 2.24) is 10.6 Å². The quantitative estimate of drug-likeness (QED) is 0.360. The van der Waals surface area contributed by atoms with E-state index in [9.17, 15) is 4.79 Å². The molecule has 2 aliphatic rings. The number of fused-ring (bicyclic) bond motifs is 1. The lowest BCUT2D eigenvalue weighted by molar-refractivity contribution is -0.116. The first-order valence-electron chi connectivity index (χ1n) is 9.15. The summed E-state index contributed by atoms with van der Waals surface area (Å²) < 4.78 is 0. The Morgan fingerprint density at radius 1 is 1.15 bits per heavy atom. The van der Waals surface area contributed by atoms with Crippen LogP contribution in [-0.4, -0.2) is 31.5 Å². The molecule has 0 saturated heterocycles. The van der Waals surface area contributed by atoms with Crippen molar-refractivity contribution in [2.24, 2.45) is 4.99 Å². The Morgan fingerprint density at radius 3 is 2.67 bits per heavy atom. The number of guanidine groups is 1. The number of hydrogen-bond donors (Lipinski definition) is 3. The fraction of sp³-hybridized carbons (Fsp3) is 0.333. The molecule has 6 heteroatoms. The fourth-order valence-electron chi connectivity index (χ4n) is 3.70. The SMILES string of the molecule is CN=C(NCC1CC(=O)Nc2ccccc21)NC1CC1c1ccccc1.I. The Bertz CT molecular complexity index is 824. The minimum absolute atomic E-state index is 0. The number of amides is 1. The van der Waals surface area contributed by atoms with Gasteiger partial charge < -0.3 is 16.0 Å². The summed E-state index contributed by atoms with van der Waals surface area (Å²) >= 11 is 0. The van der Waals surface area contributed by atoms with E-state index < -0.39 is 0 Å². The molecule has 3 N–H and O–H groups in total. The Labute approximate surface area is 177 Å². The van der Waals surface area contributed by atoms with Crippen molar-refractivity contribution in [2.45, 2.75) is 30.7 Å². The van der Waals surface area contributed by atoms with Crippen LogP contribution >= 0.6 is 24.0 Å². The highest BCUT2D eigenvalue weighted by Gasteiger charge is 2.39. The van der Waals surface area contributed by atoms with E-state index in [1.165, 1.54) is 11.1 Å². The largest absolute Gasteiger partial charge is 0.356 e. The molecule has 0 radical (unpaired) electrons. The molecular weight excluding hydrogens is 451 g/mol. The highest BCUT2D eigenvalue weighted by molar-refractivity contribution is 14.0. The van der Waals surface area contributed by atoms with Crippen LogP contribution in [0.5, 0.6) is 0 Å². The van der Waals surface area contributed by atoms with Crippen LogP contribution in [0.25, 0.3) is 0 Å². The number of carbonyl (C=O) groups is 1. The number of anilines is 1. The van der Waals surface area contributed by atoms with E-state index in [-0.39, 0.29) is 35.8 Å². The second-order valence-corrected chi connectivity index (χ2v) is 6.99. The first-order valence-corrected chi connectivity index (χ1v) is 9.15. The van der Waals surface area contributed by atoms with Gasteiger partial charge >= 0.3 is 0 Å². The molecule has 1 aliphatic carbocycles. The molecule has 4 rings (SSSR count). The number of halogens is 1. The average molecular weight is 476 g/mol. The van der Waals surface area contributed by atoms with Gasteiger partial charge in [-0.2, -0.15) is 0 Å². The molecular formula is C21H25IN4O. The molecule has 2 aromatic carbocycles. The van der Waals surface area contributed by atoms with Crippen molar-refractivity contribution >= 4 is 41.5 Å². The third kappa shape index (κ3) is 4.61. The summed E-state index contributed by atoms with van der Waals surface area (Å²) in [5.74, 6) is 1.58. The molecule has 5 nitrogen and oxygen atoms in total. The molecule has 142 valence electrons. The van der Waals surface area contributed by atoms with Crippen LogP contribution in [0.4, 0.5) is 5.69 Å². The predicted molar refractivity (Wildman–Crippen MR) is 120 cm³/mol. The van der Waals surface area contributed by atoms with Gasteiger partial charge in [0.05, 0.1) is 0 Å². The molecule has 1 amide bonds. The van der Waals surface area contributed by atoms with Gasteiger partial charge in [0.25, 0.3) is 0 Å². The number of benzene rings is 2. The van der Waals surface area contributed by atoms with Crippen LogP contribution in [-0.2, 0) is 4.79 Å². The van der Waals surface area contributed by atoms with Gasteiger partial charge in [-0.15, -0.1) is 24.0 Å². The third-order valence-electron chi connectivity index (χ3n) is 5.19. The second-order valence-electron chi connectivity index (χ2n) is 6.99. The first-order chi connectivity index (χ1) is 12.7. The van der Waals surface area contributed by atoms with Gasteiger partial charge in [0.2, 0.25) is 5.91 Å². The molecule has 3 unspecified atom stereocenters. The smallest absolute Gasteiger partial charge is 0.225 e. The third-order valence-corrected chi connectivity index (χ3v) is 5.19. The highest BCUT2D eigenvalue weighted by Crippen LogP contribution is 2.40. The van der Waals surface area contributed by atoms with Crippen LogP contribution in [0.2, 0.25) is 0 Å². The minimum Gasteiger partial charge on any atom is -0.356 e. The van der Waals surface area contributed by atoms with E-state index in [4.69, 9.17) is 0 Å². The Kier molecular flexibility index (Phi) is 6.36. The molecule has 27 heavy (non-hydrogen) atoms. The van der Waals surface area contributed by atoms with E-state index >= 15 is 0 Å². The number of rotatable bonds is 4. The second kappa shape index (κ2) is 8.73. The summed E-state index contributed by atoms with van der Waals surface area (Å²) in [6.07, 6.45) is 1.62. The molecule has 1 fully saturated rings. The molecule has 3 atom stereocenters. The lowest BCUT2D eigenvalue weighted by Crippen LogP contribution is -2.42. The van der Waals surface area contributed by atoms with E-state index in [0.717, 1.165) is 18.1 Å². The minimum atomic E-state index is 0. The standard InChI is InChI=1S/C21H24N4O.HI/c1-22-21(25-19-12-17(19)14-7-3-2-4-8-14)23-13-15-11-20(26)24-18-10-6-5-9-16(15)18;/h2-10,15,17,19H,11-13H2,1H3,(H,24,26)(H2,22,23,25);1H. The van der Waals surface area contributed by atoms with Gasteiger partial charge in [0.1, 0.15) is 0 Å². The van der Waals surface area contributed by atoms with Gasteiger partial charge in [-0.05, 0) is 23.6 Å². The zero-order valence-corrected chi connectivity index (χ0v) is 17.6. The van der Waals surface area contributed by atoms with Crippen LogP contribution in [0, 0.1) is 0 Å². The molecule has 0 bridgehead atoms.